The van der Waals surface area contributed by atoms with Crippen LogP contribution in [0.3, 0.4) is 0 Å². The van der Waals surface area contributed by atoms with Crippen molar-refractivity contribution in [2.45, 2.75) is 32.6 Å². The van der Waals surface area contributed by atoms with Crippen LogP contribution in [0.2, 0.25) is 0 Å². The van der Waals surface area contributed by atoms with Gasteiger partial charge >= 0.3 is 5.97 Å². The Balaban J connectivity index is 2.16. The molecule has 1 rings (SSSR count). The van der Waals surface area contributed by atoms with Crippen molar-refractivity contribution in [2.24, 2.45) is 0 Å². The summed E-state index contributed by atoms with van der Waals surface area (Å²) < 4.78 is 4.95. The Morgan fingerprint density at radius 1 is 1.53 bits per heavy atom. The van der Waals surface area contributed by atoms with E-state index in [4.69, 9.17) is 4.74 Å². The number of hydrogen-bond donors (Lipinski definition) is 0. The van der Waals surface area contributed by atoms with Gasteiger partial charge in [0.25, 0.3) is 0 Å². The zero-order valence-electron chi connectivity index (χ0n) is 8.94. The van der Waals surface area contributed by atoms with E-state index in [0.717, 1.165) is 24.8 Å². The number of ether oxygens (including phenoxy) is 1. The molecule has 0 amide bonds. The molecule has 1 aromatic rings. The molecular weight excluding hydrogens is 208 g/mol. The van der Waals surface area contributed by atoms with Gasteiger partial charge in [-0.1, -0.05) is 19.8 Å². The van der Waals surface area contributed by atoms with Gasteiger partial charge in [-0.3, -0.25) is 4.79 Å². The van der Waals surface area contributed by atoms with Crippen molar-refractivity contribution in [3.05, 3.63) is 28.7 Å². The van der Waals surface area contributed by atoms with Crippen LogP contribution in [-0.4, -0.2) is 5.97 Å². The minimum atomic E-state index is -0.144. The van der Waals surface area contributed by atoms with E-state index in [2.05, 4.69) is 6.92 Å². The highest BCUT2D eigenvalue weighted by atomic mass is 32.1. The van der Waals surface area contributed by atoms with Crippen LogP contribution in [0, 0.1) is 0 Å². The van der Waals surface area contributed by atoms with Gasteiger partial charge in [-0.15, -0.1) is 0 Å². The minimum absolute atomic E-state index is 0.144. The van der Waals surface area contributed by atoms with Gasteiger partial charge in [-0.25, -0.2) is 0 Å². The Labute approximate surface area is 94.6 Å². The predicted octanol–water partition coefficient (Wildman–Crippen LogP) is 3.84. The lowest BCUT2D eigenvalue weighted by molar-refractivity contribution is -0.138. The van der Waals surface area contributed by atoms with Crippen molar-refractivity contribution in [1.29, 1.82) is 0 Å². The fourth-order valence-corrected chi connectivity index (χ4v) is 1.77. The Morgan fingerprint density at radius 3 is 3.07 bits per heavy atom. The van der Waals surface area contributed by atoms with Crippen molar-refractivity contribution in [3.63, 3.8) is 0 Å². The second kappa shape index (κ2) is 7.23. The monoisotopic (exact) mass is 224 g/mol. The van der Waals surface area contributed by atoms with Crippen LogP contribution in [0.1, 0.15) is 38.2 Å². The number of thiophene rings is 1. The first kappa shape index (κ1) is 12.0. The van der Waals surface area contributed by atoms with Gasteiger partial charge < -0.3 is 4.74 Å². The first-order valence-electron chi connectivity index (χ1n) is 5.21. The third kappa shape index (κ3) is 5.37. The summed E-state index contributed by atoms with van der Waals surface area (Å²) in [5.74, 6) is -0.144. The fraction of sp³-hybridized carbons (Fsp3) is 0.417. The average molecular weight is 224 g/mol. The molecule has 0 aromatic carbocycles. The lowest BCUT2D eigenvalue weighted by atomic mass is 10.2. The SMILES string of the molecule is CCCCCC(=O)O/C=C/c1ccsc1. The van der Waals surface area contributed by atoms with Gasteiger partial charge in [0, 0.05) is 6.42 Å². The second-order valence-electron chi connectivity index (χ2n) is 3.31. The third-order valence-corrected chi connectivity index (χ3v) is 2.69. The van der Waals surface area contributed by atoms with E-state index < -0.39 is 0 Å². The summed E-state index contributed by atoms with van der Waals surface area (Å²) in [5.41, 5.74) is 1.07. The summed E-state index contributed by atoms with van der Waals surface area (Å²) in [6, 6.07) is 1.98. The van der Waals surface area contributed by atoms with E-state index in [0.29, 0.717) is 6.42 Å². The standard InChI is InChI=1S/C12H16O2S/c1-2-3-4-5-12(13)14-8-6-11-7-9-15-10-11/h6-10H,2-5H2,1H3/b8-6+. The molecule has 1 aromatic heterocycles. The molecule has 82 valence electrons. The van der Waals surface area contributed by atoms with Crippen LogP contribution < -0.4 is 0 Å². The van der Waals surface area contributed by atoms with Gasteiger partial charge in [0.1, 0.15) is 0 Å². The Bertz CT molecular complexity index is 301. The Kier molecular flexibility index (Phi) is 5.78. The molecule has 0 radical (unpaired) electrons. The molecule has 0 bridgehead atoms. The van der Waals surface area contributed by atoms with Crippen LogP contribution in [0.25, 0.3) is 6.08 Å². The number of carbonyl (C=O) groups excluding carboxylic acids is 1. The first-order valence-corrected chi connectivity index (χ1v) is 6.15. The minimum Gasteiger partial charge on any atom is -0.434 e. The van der Waals surface area contributed by atoms with Crippen molar-refractivity contribution in [3.8, 4) is 0 Å². The summed E-state index contributed by atoms with van der Waals surface area (Å²) in [6.45, 7) is 2.11. The maximum absolute atomic E-state index is 11.2. The quantitative estimate of drug-likeness (QED) is 0.417. The van der Waals surface area contributed by atoms with E-state index in [9.17, 15) is 4.79 Å². The molecule has 0 saturated heterocycles. The highest BCUT2D eigenvalue weighted by molar-refractivity contribution is 7.08. The van der Waals surface area contributed by atoms with E-state index in [1.807, 2.05) is 16.8 Å². The Hall–Kier alpha value is -1.09. The van der Waals surface area contributed by atoms with Crippen molar-refractivity contribution < 1.29 is 9.53 Å². The molecule has 2 nitrogen and oxygen atoms in total. The Morgan fingerprint density at radius 2 is 2.40 bits per heavy atom. The van der Waals surface area contributed by atoms with E-state index in [1.54, 1.807) is 17.4 Å². The summed E-state index contributed by atoms with van der Waals surface area (Å²) in [7, 11) is 0. The van der Waals surface area contributed by atoms with E-state index in [-0.39, 0.29) is 5.97 Å². The maximum Gasteiger partial charge on any atom is 0.310 e. The number of hydrogen-bond acceptors (Lipinski definition) is 3. The van der Waals surface area contributed by atoms with Crippen molar-refractivity contribution in [2.75, 3.05) is 0 Å². The first-order chi connectivity index (χ1) is 7.33. The smallest absolute Gasteiger partial charge is 0.310 e. The van der Waals surface area contributed by atoms with Gasteiger partial charge in [-0.2, -0.15) is 11.3 Å². The van der Waals surface area contributed by atoms with Crippen LogP contribution >= 0.6 is 11.3 Å². The van der Waals surface area contributed by atoms with E-state index in [1.165, 1.54) is 6.26 Å². The van der Waals surface area contributed by atoms with Gasteiger partial charge in [0.05, 0.1) is 6.26 Å². The topological polar surface area (TPSA) is 26.3 Å². The highest BCUT2D eigenvalue weighted by Crippen LogP contribution is 2.08. The van der Waals surface area contributed by atoms with Crippen LogP contribution in [0.5, 0.6) is 0 Å². The molecular formula is C12H16O2S. The third-order valence-electron chi connectivity index (χ3n) is 1.99. The molecule has 0 aliphatic heterocycles. The molecule has 0 saturated carbocycles. The molecule has 0 aliphatic carbocycles. The van der Waals surface area contributed by atoms with Crippen LogP contribution in [-0.2, 0) is 9.53 Å². The van der Waals surface area contributed by atoms with Crippen molar-refractivity contribution in [1.82, 2.24) is 0 Å². The van der Waals surface area contributed by atoms with Gasteiger partial charge in [0.2, 0.25) is 0 Å². The molecule has 0 N–H and O–H groups in total. The lowest BCUT2D eigenvalue weighted by Crippen LogP contribution is -1.98. The predicted molar refractivity (Wildman–Crippen MR) is 63.6 cm³/mol. The van der Waals surface area contributed by atoms with E-state index >= 15 is 0 Å². The fourth-order valence-electron chi connectivity index (χ4n) is 1.14. The lowest BCUT2D eigenvalue weighted by Gasteiger charge is -1.97. The molecule has 3 heteroatoms. The van der Waals surface area contributed by atoms with Gasteiger partial charge in [0.15, 0.2) is 0 Å². The van der Waals surface area contributed by atoms with Crippen molar-refractivity contribution >= 4 is 23.4 Å². The largest absolute Gasteiger partial charge is 0.434 e. The summed E-state index contributed by atoms with van der Waals surface area (Å²) in [5, 5.41) is 3.99. The maximum atomic E-state index is 11.2. The summed E-state index contributed by atoms with van der Waals surface area (Å²) in [4.78, 5) is 11.2. The summed E-state index contributed by atoms with van der Waals surface area (Å²) in [6.07, 6.45) is 6.91. The van der Waals surface area contributed by atoms with Crippen LogP contribution in [0.15, 0.2) is 23.1 Å². The summed E-state index contributed by atoms with van der Waals surface area (Å²) >= 11 is 1.62. The average Bonchev–Trinajstić information content (AvgIpc) is 2.71. The molecule has 0 unspecified atom stereocenters. The van der Waals surface area contributed by atoms with Gasteiger partial charge in [-0.05, 0) is 34.9 Å². The molecule has 0 atom stereocenters. The van der Waals surface area contributed by atoms with Crippen LogP contribution in [0.4, 0.5) is 0 Å². The number of unbranched alkanes of at least 4 members (excludes halogenated alkanes) is 2. The number of rotatable bonds is 6. The second-order valence-corrected chi connectivity index (χ2v) is 4.09. The molecule has 0 aliphatic rings. The highest BCUT2D eigenvalue weighted by Gasteiger charge is 1.99. The molecule has 15 heavy (non-hydrogen) atoms. The number of carbonyl (C=O) groups is 1. The molecule has 1 heterocycles. The normalized spacial score (nSPS) is 10.7. The molecule has 0 fully saturated rings. The molecule has 0 spiro atoms. The number of esters is 1. The zero-order chi connectivity index (χ0) is 10.9. The zero-order valence-corrected chi connectivity index (χ0v) is 9.76.